The number of rotatable bonds is 9. The van der Waals surface area contributed by atoms with Gasteiger partial charge in [-0.3, -0.25) is 9.69 Å². The number of phenols is 2. The minimum Gasteiger partial charge on any atom is -0.508 e. The molecule has 2 aliphatic heterocycles. The Balaban J connectivity index is 1.72. The Labute approximate surface area is 228 Å². The normalized spacial score (nSPS) is 28.0. The zero-order valence-electron chi connectivity index (χ0n) is 21.2. The maximum absolute atomic E-state index is 13.5. The second-order valence-electron chi connectivity index (χ2n) is 9.70. The Hall–Kier alpha value is -3.72. The molecule has 8 N–H and O–H groups in total. The lowest BCUT2D eigenvalue weighted by Gasteiger charge is -2.39. The van der Waals surface area contributed by atoms with E-state index in [0.29, 0.717) is 11.1 Å². The van der Waals surface area contributed by atoms with E-state index in [-0.39, 0.29) is 43.1 Å². The first-order valence-corrected chi connectivity index (χ1v) is 12.5. The van der Waals surface area contributed by atoms with Crippen molar-refractivity contribution in [3.05, 3.63) is 53.6 Å². The summed E-state index contributed by atoms with van der Waals surface area (Å²) in [5.74, 6) is -2.84. The summed E-state index contributed by atoms with van der Waals surface area (Å²) in [5, 5.41) is 79.7. The highest BCUT2D eigenvalue weighted by Crippen LogP contribution is 2.47. The van der Waals surface area contributed by atoms with Gasteiger partial charge in [0, 0.05) is 25.2 Å². The predicted molar refractivity (Wildman–Crippen MR) is 138 cm³/mol. The fourth-order valence-electron chi connectivity index (χ4n) is 4.97. The number of carboxylic acids is 1. The average molecular weight is 562 g/mol. The highest BCUT2D eigenvalue weighted by Gasteiger charge is 2.52. The van der Waals surface area contributed by atoms with Gasteiger partial charge in [0.15, 0.2) is 11.5 Å². The summed E-state index contributed by atoms with van der Waals surface area (Å²) < 4.78 is 10.9. The van der Waals surface area contributed by atoms with Crippen molar-refractivity contribution < 1.29 is 59.9 Å². The van der Waals surface area contributed by atoms with Gasteiger partial charge in [0.1, 0.15) is 35.7 Å². The number of nitrogens with zero attached hydrogens (tertiary/aromatic N) is 1. The van der Waals surface area contributed by atoms with Crippen molar-refractivity contribution >= 4 is 23.6 Å². The fraction of sp³-hybridized carbons (Fsp3) is 0.407. The second kappa shape index (κ2) is 11.8. The van der Waals surface area contributed by atoms with E-state index >= 15 is 0 Å². The van der Waals surface area contributed by atoms with E-state index in [1.54, 1.807) is 12.1 Å². The molecule has 0 radical (unpaired) electrons. The quantitative estimate of drug-likeness (QED) is 0.181. The van der Waals surface area contributed by atoms with Crippen LogP contribution in [0.1, 0.15) is 24.0 Å². The molecule has 2 aliphatic rings. The highest BCUT2D eigenvalue weighted by molar-refractivity contribution is 6.11. The SMILES string of the molecule is O=C(/C=C/c1ccc(O)cc1)N1c2cc(O[C@@H]3O[C@H](CO)[C@@H](O)[C@H](O)[C@H]3O)c(O)cc2C[C@]1(CCCO)C(=O)O. The number of carbonyl (C=O) groups is 2. The fourth-order valence-corrected chi connectivity index (χ4v) is 4.97. The van der Waals surface area contributed by atoms with E-state index in [1.165, 1.54) is 30.3 Å². The lowest BCUT2D eigenvalue weighted by Crippen LogP contribution is -2.60. The standard InChI is InChI=1S/C27H31NO12/c29-9-1-8-27(26(37)38)12-15-10-18(32)19(39-25-24(36)23(35)22(34)20(13-30)40-25)11-17(15)28(27)21(33)7-4-14-2-5-16(31)6-3-14/h2-7,10-11,20,22-25,29-32,34-36H,1,8-9,12-13H2,(H,37,38)/b7-4+/t20-,22-,23+,24-,25-,27-/m1/s1. The number of aromatic hydroxyl groups is 2. The van der Waals surface area contributed by atoms with Crippen molar-refractivity contribution in [1.29, 1.82) is 0 Å². The number of anilines is 1. The van der Waals surface area contributed by atoms with E-state index in [0.717, 1.165) is 11.0 Å². The van der Waals surface area contributed by atoms with Gasteiger partial charge in [-0.05, 0) is 48.2 Å². The number of aliphatic hydroxyl groups is 5. The van der Waals surface area contributed by atoms with Gasteiger partial charge < -0.3 is 50.3 Å². The molecule has 216 valence electrons. The van der Waals surface area contributed by atoms with Gasteiger partial charge in [-0.1, -0.05) is 12.1 Å². The van der Waals surface area contributed by atoms with Crippen molar-refractivity contribution in [3.8, 4) is 17.2 Å². The molecular formula is C27H31NO12. The Bertz CT molecular complexity index is 1260. The van der Waals surface area contributed by atoms with E-state index in [2.05, 4.69) is 0 Å². The van der Waals surface area contributed by atoms with Crippen LogP contribution in [0.4, 0.5) is 5.69 Å². The number of hydrogen-bond acceptors (Lipinski definition) is 11. The van der Waals surface area contributed by atoms with Crippen LogP contribution in [0, 0.1) is 0 Å². The van der Waals surface area contributed by atoms with E-state index in [9.17, 15) is 50.4 Å². The molecule has 6 atom stereocenters. The third-order valence-electron chi connectivity index (χ3n) is 7.08. The van der Waals surface area contributed by atoms with Crippen LogP contribution in [0.2, 0.25) is 0 Å². The van der Waals surface area contributed by atoms with Gasteiger partial charge in [-0.2, -0.15) is 0 Å². The van der Waals surface area contributed by atoms with Crippen LogP contribution in [0.5, 0.6) is 17.2 Å². The first kappa shape index (κ1) is 29.3. The van der Waals surface area contributed by atoms with Crippen LogP contribution in [-0.4, -0.2) is 102 Å². The summed E-state index contributed by atoms with van der Waals surface area (Å²) in [5.41, 5.74) is -0.877. The molecule has 0 saturated carbocycles. The molecule has 40 heavy (non-hydrogen) atoms. The Kier molecular flexibility index (Phi) is 8.63. The van der Waals surface area contributed by atoms with Crippen LogP contribution >= 0.6 is 0 Å². The van der Waals surface area contributed by atoms with Crippen molar-refractivity contribution in [2.45, 2.75) is 55.5 Å². The molecule has 1 saturated heterocycles. The number of hydrogen-bond donors (Lipinski definition) is 8. The monoisotopic (exact) mass is 561 g/mol. The summed E-state index contributed by atoms with van der Waals surface area (Å²) in [6, 6.07) is 8.35. The van der Waals surface area contributed by atoms with Crippen LogP contribution in [0.3, 0.4) is 0 Å². The smallest absolute Gasteiger partial charge is 0.330 e. The van der Waals surface area contributed by atoms with Gasteiger partial charge in [0.05, 0.1) is 12.3 Å². The van der Waals surface area contributed by atoms with Crippen molar-refractivity contribution in [3.63, 3.8) is 0 Å². The molecule has 13 heteroatoms. The molecule has 13 nitrogen and oxygen atoms in total. The minimum atomic E-state index is -1.81. The molecule has 2 heterocycles. The maximum atomic E-state index is 13.5. The first-order valence-electron chi connectivity index (χ1n) is 12.5. The van der Waals surface area contributed by atoms with Crippen molar-refractivity contribution in [2.75, 3.05) is 18.1 Å². The Morgan fingerprint density at radius 2 is 1.75 bits per heavy atom. The zero-order chi connectivity index (χ0) is 29.2. The number of fused-ring (bicyclic) bond motifs is 1. The number of carboxylic acid groups (broad SMARTS) is 1. The van der Waals surface area contributed by atoms with Crippen LogP contribution in [0.25, 0.3) is 6.08 Å². The lowest BCUT2D eigenvalue weighted by atomic mass is 9.88. The molecule has 0 aromatic heterocycles. The number of benzene rings is 2. The third kappa shape index (κ3) is 5.47. The lowest BCUT2D eigenvalue weighted by molar-refractivity contribution is -0.277. The van der Waals surface area contributed by atoms with E-state index in [4.69, 9.17) is 9.47 Å². The predicted octanol–water partition coefficient (Wildman–Crippen LogP) is -0.525. The summed E-state index contributed by atoms with van der Waals surface area (Å²) in [7, 11) is 0. The van der Waals surface area contributed by atoms with Gasteiger partial charge >= 0.3 is 5.97 Å². The summed E-state index contributed by atoms with van der Waals surface area (Å²) in [6.07, 6.45) is -5.73. The molecule has 0 spiro atoms. The molecule has 1 amide bonds. The topological polar surface area (TPSA) is 218 Å². The molecule has 2 aromatic rings. The Morgan fingerprint density at radius 3 is 2.38 bits per heavy atom. The van der Waals surface area contributed by atoms with Crippen molar-refractivity contribution in [1.82, 2.24) is 0 Å². The van der Waals surface area contributed by atoms with Crippen LogP contribution in [0.15, 0.2) is 42.5 Å². The molecule has 4 rings (SSSR count). The number of ether oxygens (including phenoxy) is 2. The minimum absolute atomic E-state index is 0.0255. The van der Waals surface area contributed by atoms with Gasteiger partial charge in [-0.15, -0.1) is 0 Å². The Morgan fingerprint density at radius 1 is 1.05 bits per heavy atom. The highest BCUT2D eigenvalue weighted by atomic mass is 16.7. The maximum Gasteiger partial charge on any atom is 0.330 e. The molecule has 2 aromatic carbocycles. The van der Waals surface area contributed by atoms with Crippen LogP contribution < -0.4 is 9.64 Å². The average Bonchev–Trinajstić information content (AvgIpc) is 3.25. The first-order chi connectivity index (χ1) is 19.0. The second-order valence-corrected chi connectivity index (χ2v) is 9.70. The van der Waals surface area contributed by atoms with E-state index in [1.807, 2.05) is 0 Å². The molecule has 0 bridgehead atoms. The largest absolute Gasteiger partial charge is 0.508 e. The zero-order valence-corrected chi connectivity index (χ0v) is 21.2. The number of carbonyl (C=O) groups excluding carboxylic acids is 1. The number of phenolic OH excluding ortho intramolecular Hbond substituents is 2. The number of aliphatic hydroxyl groups excluding tert-OH is 5. The van der Waals surface area contributed by atoms with Gasteiger partial charge in [-0.25, -0.2) is 4.79 Å². The van der Waals surface area contributed by atoms with Crippen LogP contribution in [-0.2, 0) is 20.7 Å². The molecular weight excluding hydrogens is 530 g/mol. The molecule has 0 unspecified atom stereocenters. The molecule has 0 aliphatic carbocycles. The summed E-state index contributed by atoms with van der Waals surface area (Å²) in [4.78, 5) is 27.2. The van der Waals surface area contributed by atoms with Gasteiger partial charge in [0.25, 0.3) is 5.91 Å². The third-order valence-corrected chi connectivity index (χ3v) is 7.08. The van der Waals surface area contributed by atoms with Crippen molar-refractivity contribution in [2.24, 2.45) is 0 Å². The summed E-state index contributed by atoms with van der Waals surface area (Å²) >= 11 is 0. The number of amides is 1. The summed E-state index contributed by atoms with van der Waals surface area (Å²) in [6.45, 7) is -1.03. The molecule has 1 fully saturated rings. The van der Waals surface area contributed by atoms with E-state index < -0.39 is 60.5 Å². The van der Waals surface area contributed by atoms with Gasteiger partial charge in [0.2, 0.25) is 6.29 Å². The number of aliphatic carboxylic acids is 1.